The summed E-state index contributed by atoms with van der Waals surface area (Å²) in [5.74, 6) is -1.96. The van der Waals surface area contributed by atoms with Gasteiger partial charge in [0.1, 0.15) is 6.04 Å². The third-order valence-corrected chi connectivity index (χ3v) is 3.07. The molecule has 19 heavy (non-hydrogen) atoms. The number of ketones is 1. The standard InChI is InChI=1S/C13H25NO4.ClH/c1-9(15)13(18,8-10(16)17)11(12(2,3)4)14(5,6)7;/h11,18H,8H2,1-7H3;1H/p-1. The molecule has 0 radical (unpaired) electrons. The number of carbonyl (C=O) groups excluding carboxylic acids is 2. The zero-order valence-corrected chi connectivity index (χ0v) is 13.5. The smallest absolute Gasteiger partial charge is 0.180 e. The maximum absolute atomic E-state index is 11.8. The number of Topliss-reactive ketones (excluding diaryl/α,β-unsaturated/α-hetero) is 1. The molecule has 2 unspecified atom stereocenters. The van der Waals surface area contributed by atoms with Crippen LogP contribution in [0.4, 0.5) is 0 Å². The molecule has 2 atom stereocenters. The molecule has 0 heterocycles. The van der Waals surface area contributed by atoms with Crippen LogP contribution in [0, 0.1) is 5.41 Å². The number of likely N-dealkylation sites (N-methyl/N-ethyl adjacent to an activating group) is 1. The number of hydrogen-bond donors (Lipinski definition) is 1. The minimum Gasteiger partial charge on any atom is -1.00 e. The minimum atomic E-state index is -1.92. The Labute approximate surface area is 121 Å². The van der Waals surface area contributed by atoms with Crippen molar-refractivity contribution in [3.05, 3.63) is 0 Å². The number of aliphatic hydroxyl groups is 1. The predicted octanol–water partition coefficient (Wildman–Crippen LogP) is -3.43. The van der Waals surface area contributed by atoms with Gasteiger partial charge in [-0.05, 0) is 6.92 Å². The first-order valence-corrected chi connectivity index (χ1v) is 5.97. The second-order valence-electron chi connectivity index (χ2n) is 6.91. The van der Waals surface area contributed by atoms with Gasteiger partial charge in [-0.2, -0.15) is 0 Å². The molecular weight excluding hydrogens is 270 g/mol. The van der Waals surface area contributed by atoms with Crippen LogP contribution in [0.5, 0.6) is 0 Å². The van der Waals surface area contributed by atoms with Crippen LogP contribution in [0.15, 0.2) is 0 Å². The first-order chi connectivity index (χ1) is 7.73. The second-order valence-corrected chi connectivity index (χ2v) is 6.91. The van der Waals surface area contributed by atoms with Crippen molar-refractivity contribution in [1.82, 2.24) is 0 Å². The maximum atomic E-state index is 11.8. The van der Waals surface area contributed by atoms with Gasteiger partial charge in [-0.1, -0.05) is 20.8 Å². The number of halogens is 1. The van der Waals surface area contributed by atoms with E-state index in [0.717, 1.165) is 0 Å². The Balaban J connectivity index is 0. The molecule has 0 aliphatic rings. The van der Waals surface area contributed by atoms with Crippen molar-refractivity contribution in [2.45, 2.75) is 45.8 Å². The molecule has 114 valence electrons. The Morgan fingerprint density at radius 3 is 1.74 bits per heavy atom. The fourth-order valence-corrected chi connectivity index (χ4v) is 3.15. The lowest BCUT2D eigenvalue weighted by Gasteiger charge is -2.49. The van der Waals surface area contributed by atoms with Gasteiger partial charge in [0.25, 0.3) is 0 Å². The Morgan fingerprint density at radius 2 is 1.58 bits per heavy atom. The lowest BCUT2D eigenvalue weighted by molar-refractivity contribution is -0.909. The summed E-state index contributed by atoms with van der Waals surface area (Å²) in [5.41, 5.74) is -2.36. The molecule has 6 heteroatoms. The van der Waals surface area contributed by atoms with Gasteiger partial charge < -0.3 is 31.9 Å². The fraction of sp³-hybridized carbons (Fsp3) is 0.846. The van der Waals surface area contributed by atoms with Crippen molar-refractivity contribution in [3.63, 3.8) is 0 Å². The minimum absolute atomic E-state index is 0. The van der Waals surface area contributed by atoms with Gasteiger partial charge in [-0.3, -0.25) is 4.79 Å². The molecule has 0 aromatic carbocycles. The molecule has 1 N–H and O–H groups in total. The van der Waals surface area contributed by atoms with Crippen LogP contribution in [0.2, 0.25) is 0 Å². The third kappa shape index (κ3) is 5.09. The molecule has 0 saturated heterocycles. The van der Waals surface area contributed by atoms with E-state index in [2.05, 4.69) is 0 Å². The van der Waals surface area contributed by atoms with Gasteiger partial charge in [-0.15, -0.1) is 0 Å². The average Bonchev–Trinajstić information content (AvgIpc) is 1.94. The van der Waals surface area contributed by atoms with Gasteiger partial charge >= 0.3 is 0 Å². The fourth-order valence-electron chi connectivity index (χ4n) is 3.15. The molecular formula is C13H25ClNO4-. The number of nitrogens with zero attached hydrogens (tertiary/aromatic N) is 1. The Morgan fingerprint density at radius 1 is 1.21 bits per heavy atom. The quantitative estimate of drug-likeness (QED) is 0.536. The Kier molecular flexibility index (Phi) is 6.74. The Hall–Kier alpha value is -0.650. The molecule has 0 aliphatic heterocycles. The number of rotatable bonds is 5. The van der Waals surface area contributed by atoms with E-state index in [9.17, 15) is 19.8 Å². The summed E-state index contributed by atoms with van der Waals surface area (Å²) >= 11 is 0. The normalized spacial score (nSPS) is 17.1. The molecule has 0 amide bonds. The maximum Gasteiger partial charge on any atom is 0.180 e. The largest absolute Gasteiger partial charge is 1.00 e. The van der Waals surface area contributed by atoms with Crippen molar-refractivity contribution >= 4 is 11.8 Å². The van der Waals surface area contributed by atoms with E-state index >= 15 is 0 Å². The van der Waals surface area contributed by atoms with E-state index in [0.29, 0.717) is 0 Å². The van der Waals surface area contributed by atoms with E-state index in [1.807, 2.05) is 41.9 Å². The van der Waals surface area contributed by atoms with Crippen molar-refractivity contribution in [1.29, 1.82) is 0 Å². The molecule has 0 aromatic heterocycles. The van der Waals surface area contributed by atoms with Crippen LogP contribution in [-0.2, 0) is 9.59 Å². The van der Waals surface area contributed by atoms with Crippen LogP contribution in [0.1, 0.15) is 34.1 Å². The molecule has 0 saturated carbocycles. The number of hydrogen-bond acceptors (Lipinski definition) is 4. The van der Waals surface area contributed by atoms with Gasteiger partial charge in [-0.25, -0.2) is 0 Å². The van der Waals surface area contributed by atoms with Crippen LogP contribution in [0.3, 0.4) is 0 Å². The summed E-state index contributed by atoms with van der Waals surface area (Å²) in [5, 5.41) is 21.5. The van der Waals surface area contributed by atoms with Gasteiger partial charge in [0.05, 0.1) is 21.1 Å². The highest BCUT2D eigenvalue weighted by molar-refractivity contribution is 5.89. The lowest BCUT2D eigenvalue weighted by atomic mass is 9.71. The number of quaternary nitrogens is 1. The van der Waals surface area contributed by atoms with Crippen molar-refractivity contribution in [3.8, 4) is 0 Å². The molecule has 0 aliphatic carbocycles. The van der Waals surface area contributed by atoms with E-state index in [-0.39, 0.29) is 16.9 Å². The first-order valence-electron chi connectivity index (χ1n) is 5.97. The van der Waals surface area contributed by atoms with Gasteiger partial charge in [0.2, 0.25) is 0 Å². The molecule has 0 bridgehead atoms. The Bertz CT molecular complexity index is 330. The van der Waals surface area contributed by atoms with Gasteiger partial charge in [0.15, 0.2) is 11.4 Å². The lowest BCUT2D eigenvalue weighted by Crippen LogP contribution is -3.00. The summed E-state index contributed by atoms with van der Waals surface area (Å²) in [6.45, 7) is 6.86. The topological polar surface area (TPSA) is 77.4 Å². The van der Waals surface area contributed by atoms with Crippen LogP contribution in [-0.4, -0.2) is 54.1 Å². The SMILES string of the molecule is CC(=O)C(O)(CC(=O)[O-])C(C(C)(C)C)[N+](C)(C)C.[Cl-]. The van der Waals surface area contributed by atoms with Crippen molar-refractivity contribution in [2.75, 3.05) is 21.1 Å². The summed E-state index contributed by atoms with van der Waals surface area (Å²) in [6.07, 6.45) is -0.681. The summed E-state index contributed by atoms with van der Waals surface area (Å²) in [6, 6.07) is -0.555. The second kappa shape index (κ2) is 6.20. The number of carboxylic acid groups (broad SMARTS) is 1. The van der Waals surface area contributed by atoms with Crippen molar-refractivity contribution < 1.29 is 36.7 Å². The average molecular weight is 295 g/mol. The molecule has 0 rings (SSSR count). The highest BCUT2D eigenvalue weighted by Gasteiger charge is 2.54. The number of carbonyl (C=O) groups is 2. The summed E-state index contributed by atoms with van der Waals surface area (Å²) < 4.78 is 0.285. The third-order valence-electron chi connectivity index (χ3n) is 3.07. The molecule has 0 spiro atoms. The highest BCUT2D eigenvalue weighted by atomic mass is 35.5. The first kappa shape index (κ1) is 20.7. The monoisotopic (exact) mass is 294 g/mol. The van der Waals surface area contributed by atoms with E-state index < -0.39 is 35.2 Å². The zero-order valence-electron chi connectivity index (χ0n) is 12.8. The van der Waals surface area contributed by atoms with Crippen LogP contribution >= 0.6 is 0 Å². The number of carboxylic acids is 1. The number of aliphatic carboxylic acids is 1. The van der Waals surface area contributed by atoms with E-state index in [4.69, 9.17) is 0 Å². The van der Waals surface area contributed by atoms with Crippen LogP contribution < -0.4 is 17.5 Å². The molecule has 0 aromatic rings. The summed E-state index contributed by atoms with van der Waals surface area (Å²) in [4.78, 5) is 22.6. The van der Waals surface area contributed by atoms with Gasteiger partial charge in [0, 0.05) is 17.8 Å². The van der Waals surface area contributed by atoms with E-state index in [1.54, 1.807) is 0 Å². The highest BCUT2D eigenvalue weighted by Crippen LogP contribution is 2.36. The zero-order chi connectivity index (χ0) is 14.9. The summed E-state index contributed by atoms with van der Waals surface area (Å²) in [7, 11) is 5.50. The van der Waals surface area contributed by atoms with E-state index in [1.165, 1.54) is 6.92 Å². The van der Waals surface area contributed by atoms with Crippen LogP contribution in [0.25, 0.3) is 0 Å². The van der Waals surface area contributed by atoms with Crippen molar-refractivity contribution in [2.24, 2.45) is 5.41 Å². The predicted molar refractivity (Wildman–Crippen MR) is 66.5 cm³/mol. The molecule has 0 fully saturated rings. The molecule has 5 nitrogen and oxygen atoms in total.